The normalized spacial score (nSPS) is 12.2. The fraction of sp³-hybridized carbons (Fsp3) is 0.296. The SMILES string of the molecule is C=C(CC(CC)CC)[C@H](NC(=O)c1ccc2occc2c1OCc1nc2ccccc2s1)C(=O)O. The summed E-state index contributed by atoms with van der Waals surface area (Å²) >= 11 is 1.52. The molecule has 2 N–H and O–H groups in total. The number of benzene rings is 2. The summed E-state index contributed by atoms with van der Waals surface area (Å²) in [6, 6.07) is 11.6. The maximum Gasteiger partial charge on any atom is 0.330 e. The number of rotatable bonds is 11. The Bertz CT molecular complexity index is 1340. The molecule has 0 radical (unpaired) electrons. The zero-order valence-electron chi connectivity index (χ0n) is 19.7. The molecule has 182 valence electrons. The van der Waals surface area contributed by atoms with E-state index in [0.29, 0.717) is 34.6 Å². The maximum absolute atomic E-state index is 13.3. The summed E-state index contributed by atoms with van der Waals surface area (Å²) in [6.45, 7) is 8.25. The molecule has 8 heteroatoms. The molecule has 0 saturated heterocycles. The highest BCUT2D eigenvalue weighted by Crippen LogP contribution is 2.33. The molecule has 7 nitrogen and oxygen atoms in total. The van der Waals surface area contributed by atoms with Gasteiger partial charge in [0.2, 0.25) is 0 Å². The van der Waals surface area contributed by atoms with Crippen LogP contribution in [0.1, 0.15) is 48.5 Å². The summed E-state index contributed by atoms with van der Waals surface area (Å²) in [7, 11) is 0. The van der Waals surface area contributed by atoms with E-state index in [9.17, 15) is 14.7 Å². The van der Waals surface area contributed by atoms with Gasteiger partial charge in [-0.05, 0) is 48.2 Å². The number of hydrogen-bond acceptors (Lipinski definition) is 6. The van der Waals surface area contributed by atoms with Crippen LogP contribution >= 0.6 is 11.3 Å². The van der Waals surface area contributed by atoms with E-state index in [1.807, 2.05) is 24.3 Å². The van der Waals surface area contributed by atoms with Gasteiger partial charge in [-0.2, -0.15) is 0 Å². The van der Waals surface area contributed by atoms with Crippen LogP contribution in [0.15, 0.2) is 65.3 Å². The van der Waals surface area contributed by atoms with Crippen molar-refractivity contribution in [1.82, 2.24) is 10.3 Å². The van der Waals surface area contributed by atoms with E-state index in [1.54, 1.807) is 18.2 Å². The highest BCUT2D eigenvalue weighted by Gasteiger charge is 2.27. The van der Waals surface area contributed by atoms with Crippen LogP contribution < -0.4 is 10.1 Å². The minimum atomic E-state index is -1.19. The van der Waals surface area contributed by atoms with Crippen molar-refractivity contribution in [2.24, 2.45) is 5.92 Å². The minimum Gasteiger partial charge on any atom is -0.485 e. The third-order valence-electron chi connectivity index (χ3n) is 6.14. The highest BCUT2D eigenvalue weighted by molar-refractivity contribution is 7.18. The molecular weight excluding hydrogens is 464 g/mol. The molecule has 1 amide bonds. The Morgan fingerprint density at radius 3 is 2.66 bits per heavy atom. The lowest BCUT2D eigenvalue weighted by atomic mass is 9.91. The monoisotopic (exact) mass is 492 g/mol. The summed E-state index contributed by atoms with van der Waals surface area (Å²) in [5.41, 5.74) is 2.15. The number of nitrogens with one attached hydrogen (secondary N) is 1. The van der Waals surface area contributed by atoms with E-state index in [2.05, 4.69) is 30.7 Å². The van der Waals surface area contributed by atoms with Crippen LogP contribution in [0.5, 0.6) is 5.75 Å². The quantitative estimate of drug-likeness (QED) is 0.242. The number of amides is 1. The van der Waals surface area contributed by atoms with Crippen LogP contribution in [0.3, 0.4) is 0 Å². The number of furan rings is 1. The fourth-order valence-electron chi connectivity index (χ4n) is 4.08. The second kappa shape index (κ2) is 10.7. The van der Waals surface area contributed by atoms with E-state index < -0.39 is 17.9 Å². The van der Waals surface area contributed by atoms with Gasteiger partial charge in [-0.15, -0.1) is 11.3 Å². The number of carboxylic acids is 1. The molecule has 1 atom stereocenters. The predicted octanol–water partition coefficient (Wildman–Crippen LogP) is 6.19. The van der Waals surface area contributed by atoms with Gasteiger partial charge in [-0.3, -0.25) is 4.79 Å². The number of fused-ring (bicyclic) bond motifs is 2. The first-order chi connectivity index (χ1) is 16.9. The molecule has 0 aliphatic carbocycles. The standard InChI is InChI=1S/C27H28N2O5S/c1-4-17(5-2)14-16(3)24(27(31)32)29-26(30)19-10-11-21-18(12-13-33-21)25(19)34-15-23-28-20-8-6-7-9-22(20)35-23/h6-13,17,24H,3-5,14-15H2,1-2H3,(H,29,30)(H,31,32)/t24-/m0/s1. The molecule has 0 bridgehead atoms. The van der Waals surface area contributed by atoms with Crippen molar-refractivity contribution in [2.45, 2.75) is 45.8 Å². The molecule has 0 unspecified atom stereocenters. The number of nitrogens with zero attached hydrogens (tertiary/aromatic N) is 1. The van der Waals surface area contributed by atoms with Crippen molar-refractivity contribution in [3.05, 3.63) is 71.5 Å². The average molecular weight is 493 g/mol. The third-order valence-corrected chi connectivity index (χ3v) is 7.15. The first kappa shape index (κ1) is 24.5. The number of aliphatic carboxylic acids is 1. The van der Waals surface area contributed by atoms with Crippen LogP contribution in [-0.2, 0) is 11.4 Å². The largest absolute Gasteiger partial charge is 0.485 e. The number of carbonyl (C=O) groups is 2. The molecule has 2 aromatic heterocycles. The second-order valence-electron chi connectivity index (χ2n) is 8.43. The lowest BCUT2D eigenvalue weighted by molar-refractivity contribution is -0.138. The Labute approximate surface area is 207 Å². The van der Waals surface area contributed by atoms with Crippen molar-refractivity contribution >= 4 is 44.4 Å². The van der Waals surface area contributed by atoms with Gasteiger partial charge in [0.1, 0.15) is 29.0 Å². The van der Waals surface area contributed by atoms with Gasteiger partial charge < -0.3 is 19.6 Å². The molecule has 2 aromatic carbocycles. The van der Waals surface area contributed by atoms with Crippen LogP contribution in [0.2, 0.25) is 0 Å². The van der Waals surface area contributed by atoms with Crippen molar-refractivity contribution in [2.75, 3.05) is 0 Å². The number of para-hydroxylation sites is 1. The number of carboxylic acid groups (broad SMARTS) is 1. The van der Waals surface area contributed by atoms with E-state index in [4.69, 9.17) is 9.15 Å². The van der Waals surface area contributed by atoms with Crippen LogP contribution in [-0.4, -0.2) is 28.0 Å². The summed E-state index contributed by atoms with van der Waals surface area (Å²) in [5.74, 6) is -1.06. The molecule has 0 aliphatic heterocycles. The molecule has 35 heavy (non-hydrogen) atoms. The first-order valence-corrected chi connectivity index (χ1v) is 12.4. The summed E-state index contributed by atoms with van der Waals surface area (Å²) < 4.78 is 12.6. The molecular formula is C27H28N2O5S. The van der Waals surface area contributed by atoms with Crippen LogP contribution in [0.25, 0.3) is 21.2 Å². The Morgan fingerprint density at radius 2 is 1.94 bits per heavy atom. The van der Waals surface area contributed by atoms with Gasteiger partial charge >= 0.3 is 5.97 Å². The molecule has 0 aliphatic rings. The lowest BCUT2D eigenvalue weighted by Gasteiger charge is -2.21. The van der Waals surface area contributed by atoms with Gasteiger partial charge in [0.15, 0.2) is 0 Å². The van der Waals surface area contributed by atoms with Gasteiger partial charge in [0, 0.05) is 0 Å². The zero-order chi connectivity index (χ0) is 24.9. The van der Waals surface area contributed by atoms with E-state index in [0.717, 1.165) is 28.1 Å². The number of hydrogen-bond donors (Lipinski definition) is 2. The minimum absolute atomic E-state index is 0.160. The first-order valence-electron chi connectivity index (χ1n) is 11.6. The highest BCUT2D eigenvalue weighted by atomic mass is 32.1. The molecule has 0 saturated carbocycles. The Hall–Kier alpha value is -3.65. The van der Waals surface area contributed by atoms with Crippen molar-refractivity contribution in [3.8, 4) is 5.75 Å². The molecule has 4 aromatic rings. The number of aromatic nitrogens is 1. The summed E-state index contributed by atoms with van der Waals surface area (Å²) in [6.07, 6.45) is 3.88. The Balaban J connectivity index is 1.59. The predicted molar refractivity (Wildman–Crippen MR) is 137 cm³/mol. The van der Waals surface area contributed by atoms with E-state index in [1.165, 1.54) is 17.6 Å². The number of thiazole rings is 1. The van der Waals surface area contributed by atoms with Gasteiger partial charge in [0.05, 0.1) is 27.4 Å². The van der Waals surface area contributed by atoms with Crippen molar-refractivity contribution < 1.29 is 23.8 Å². The van der Waals surface area contributed by atoms with Gasteiger partial charge in [0.25, 0.3) is 5.91 Å². The van der Waals surface area contributed by atoms with Crippen LogP contribution in [0, 0.1) is 5.92 Å². The topological polar surface area (TPSA) is 102 Å². The molecule has 4 rings (SSSR count). The summed E-state index contributed by atoms with van der Waals surface area (Å²) in [4.78, 5) is 29.9. The van der Waals surface area contributed by atoms with Crippen molar-refractivity contribution in [1.29, 1.82) is 0 Å². The van der Waals surface area contributed by atoms with E-state index >= 15 is 0 Å². The van der Waals surface area contributed by atoms with Crippen molar-refractivity contribution in [3.63, 3.8) is 0 Å². The van der Waals surface area contributed by atoms with Gasteiger partial charge in [-0.1, -0.05) is 45.4 Å². The van der Waals surface area contributed by atoms with Gasteiger partial charge in [-0.25, -0.2) is 9.78 Å². The Kier molecular flexibility index (Phi) is 7.51. The zero-order valence-corrected chi connectivity index (χ0v) is 20.6. The summed E-state index contributed by atoms with van der Waals surface area (Å²) in [5, 5.41) is 13.8. The third kappa shape index (κ3) is 5.38. The number of ether oxygens (including phenoxy) is 1. The smallest absolute Gasteiger partial charge is 0.330 e. The molecule has 0 spiro atoms. The van der Waals surface area contributed by atoms with Crippen LogP contribution in [0.4, 0.5) is 0 Å². The lowest BCUT2D eigenvalue weighted by Crippen LogP contribution is -2.42. The Morgan fingerprint density at radius 1 is 1.17 bits per heavy atom. The van der Waals surface area contributed by atoms with E-state index in [-0.39, 0.29) is 12.2 Å². The second-order valence-corrected chi connectivity index (χ2v) is 9.54. The fourth-order valence-corrected chi connectivity index (χ4v) is 4.96. The maximum atomic E-state index is 13.3. The molecule has 0 fully saturated rings. The average Bonchev–Trinajstić information content (AvgIpc) is 3.50. The molecule has 2 heterocycles. The number of carbonyl (C=O) groups excluding carboxylic acids is 1.